The lowest BCUT2D eigenvalue weighted by Crippen LogP contribution is -2.35. The van der Waals surface area contributed by atoms with Crippen molar-refractivity contribution in [3.63, 3.8) is 0 Å². The van der Waals surface area contributed by atoms with Crippen LogP contribution in [0.3, 0.4) is 0 Å². The third kappa shape index (κ3) is 4.59. The van der Waals surface area contributed by atoms with E-state index in [2.05, 4.69) is 41.7 Å². The standard InChI is InChI=1S/C13H18BrN5O2/c1-13(2,3)21-12(20)16-5-4-15-10-9-6-8(14)7-17-11(9)19-18-10/h6-7H,4-5H2,1-3H3,(H,16,20)(H2,15,17,18,19). The van der Waals surface area contributed by atoms with Crippen molar-refractivity contribution < 1.29 is 9.53 Å². The number of carbonyl (C=O) groups excluding carboxylic acids is 1. The molecule has 2 rings (SSSR count). The van der Waals surface area contributed by atoms with Gasteiger partial charge in [-0.3, -0.25) is 5.10 Å². The highest BCUT2D eigenvalue weighted by Crippen LogP contribution is 2.21. The third-order valence-corrected chi connectivity index (χ3v) is 2.90. The number of hydrogen-bond donors (Lipinski definition) is 3. The number of aromatic amines is 1. The molecule has 2 heterocycles. The number of hydrogen-bond acceptors (Lipinski definition) is 5. The average Bonchev–Trinajstić information content (AvgIpc) is 2.75. The van der Waals surface area contributed by atoms with E-state index in [-0.39, 0.29) is 0 Å². The molecule has 0 radical (unpaired) electrons. The summed E-state index contributed by atoms with van der Waals surface area (Å²) in [7, 11) is 0. The summed E-state index contributed by atoms with van der Waals surface area (Å²) in [6, 6.07) is 1.93. The molecular formula is C13H18BrN5O2. The summed E-state index contributed by atoms with van der Waals surface area (Å²) in [5.41, 5.74) is 0.217. The fourth-order valence-corrected chi connectivity index (χ4v) is 2.00. The minimum absolute atomic E-state index is 0.430. The van der Waals surface area contributed by atoms with Crippen LogP contribution in [0, 0.1) is 0 Å². The van der Waals surface area contributed by atoms with E-state index in [1.165, 1.54) is 0 Å². The number of carbonyl (C=O) groups is 1. The van der Waals surface area contributed by atoms with Crippen molar-refractivity contribution in [2.75, 3.05) is 18.4 Å². The van der Waals surface area contributed by atoms with Gasteiger partial charge in [0.2, 0.25) is 0 Å². The summed E-state index contributed by atoms with van der Waals surface area (Å²) in [6.07, 6.45) is 1.27. The zero-order chi connectivity index (χ0) is 15.5. The quantitative estimate of drug-likeness (QED) is 0.733. The van der Waals surface area contributed by atoms with Gasteiger partial charge < -0.3 is 15.4 Å². The van der Waals surface area contributed by atoms with Gasteiger partial charge >= 0.3 is 6.09 Å². The van der Waals surface area contributed by atoms with E-state index in [0.29, 0.717) is 24.6 Å². The number of ether oxygens (including phenoxy) is 1. The Morgan fingerprint density at radius 3 is 2.90 bits per heavy atom. The fourth-order valence-electron chi connectivity index (χ4n) is 1.67. The first-order chi connectivity index (χ1) is 9.85. The lowest BCUT2D eigenvalue weighted by Gasteiger charge is -2.19. The van der Waals surface area contributed by atoms with Crippen LogP contribution in [-0.4, -0.2) is 40.0 Å². The maximum absolute atomic E-state index is 11.5. The molecule has 21 heavy (non-hydrogen) atoms. The van der Waals surface area contributed by atoms with E-state index in [9.17, 15) is 4.79 Å². The molecule has 2 aromatic rings. The van der Waals surface area contributed by atoms with Crippen LogP contribution >= 0.6 is 15.9 Å². The minimum atomic E-state index is -0.492. The summed E-state index contributed by atoms with van der Waals surface area (Å²) in [5, 5.41) is 13.7. The molecule has 7 nitrogen and oxygen atoms in total. The Balaban J connectivity index is 1.83. The molecule has 3 N–H and O–H groups in total. The van der Waals surface area contributed by atoms with Crippen molar-refractivity contribution in [1.82, 2.24) is 20.5 Å². The Hall–Kier alpha value is -1.83. The van der Waals surface area contributed by atoms with Gasteiger partial charge in [-0.2, -0.15) is 5.10 Å². The number of H-pyrrole nitrogens is 1. The van der Waals surface area contributed by atoms with Crippen molar-refractivity contribution in [3.8, 4) is 0 Å². The first-order valence-corrected chi connectivity index (χ1v) is 7.35. The van der Waals surface area contributed by atoms with Crippen molar-refractivity contribution in [3.05, 3.63) is 16.7 Å². The van der Waals surface area contributed by atoms with Crippen LogP contribution in [0.15, 0.2) is 16.7 Å². The number of nitrogens with zero attached hydrogens (tertiary/aromatic N) is 2. The summed E-state index contributed by atoms with van der Waals surface area (Å²) in [5.74, 6) is 0.699. The van der Waals surface area contributed by atoms with Crippen LogP contribution in [-0.2, 0) is 4.74 Å². The lowest BCUT2D eigenvalue weighted by molar-refractivity contribution is 0.0530. The molecule has 8 heteroatoms. The Morgan fingerprint density at radius 1 is 1.43 bits per heavy atom. The van der Waals surface area contributed by atoms with Crippen LogP contribution in [0.4, 0.5) is 10.6 Å². The van der Waals surface area contributed by atoms with E-state index >= 15 is 0 Å². The van der Waals surface area contributed by atoms with Gasteiger partial charge in [0, 0.05) is 23.8 Å². The summed E-state index contributed by atoms with van der Waals surface area (Å²) in [4.78, 5) is 15.7. The SMILES string of the molecule is CC(C)(C)OC(=O)NCCNc1n[nH]c2ncc(Br)cc12. The Labute approximate surface area is 131 Å². The zero-order valence-electron chi connectivity index (χ0n) is 12.2. The average molecular weight is 356 g/mol. The van der Waals surface area contributed by atoms with Crippen LogP contribution in [0.1, 0.15) is 20.8 Å². The summed E-state index contributed by atoms with van der Waals surface area (Å²) in [6.45, 7) is 6.44. The van der Waals surface area contributed by atoms with E-state index in [4.69, 9.17) is 4.74 Å². The van der Waals surface area contributed by atoms with Gasteiger partial charge in [-0.25, -0.2) is 9.78 Å². The molecule has 0 spiro atoms. The number of amides is 1. The minimum Gasteiger partial charge on any atom is -0.444 e. The highest BCUT2D eigenvalue weighted by Gasteiger charge is 2.15. The number of aromatic nitrogens is 3. The van der Waals surface area contributed by atoms with Crippen LogP contribution in [0.2, 0.25) is 0 Å². The number of fused-ring (bicyclic) bond motifs is 1. The van der Waals surface area contributed by atoms with E-state index in [0.717, 1.165) is 9.86 Å². The molecule has 2 aromatic heterocycles. The number of anilines is 1. The zero-order valence-corrected chi connectivity index (χ0v) is 13.7. The predicted octanol–water partition coefficient (Wildman–Crippen LogP) is 2.66. The van der Waals surface area contributed by atoms with Gasteiger partial charge in [0.1, 0.15) is 5.60 Å². The molecule has 0 aliphatic rings. The van der Waals surface area contributed by atoms with Crippen molar-refractivity contribution in [2.24, 2.45) is 0 Å². The number of rotatable bonds is 4. The lowest BCUT2D eigenvalue weighted by atomic mass is 10.2. The number of halogens is 1. The van der Waals surface area contributed by atoms with Crippen molar-refractivity contribution in [2.45, 2.75) is 26.4 Å². The molecule has 0 unspecified atom stereocenters. The second-order valence-electron chi connectivity index (χ2n) is 5.48. The van der Waals surface area contributed by atoms with Crippen LogP contribution in [0.5, 0.6) is 0 Å². The second kappa shape index (κ2) is 6.30. The van der Waals surface area contributed by atoms with Gasteiger partial charge in [-0.05, 0) is 42.8 Å². The third-order valence-electron chi connectivity index (χ3n) is 2.47. The topological polar surface area (TPSA) is 91.9 Å². The highest BCUT2D eigenvalue weighted by molar-refractivity contribution is 9.10. The van der Waals surface area contributed by atoms with E-state index < -0.39 is 11.7 Å². The maximum Gasteiger partial charge on any atom is 0.407 e. The van der Waals surface area contributed by atoms with E-state index in [1.54, 1.807) is 6.20 Å². The molecule has 0 bridgehead atoms. The summed E-state index contributed by atoms with van der Waals surface area (Å²) < 4.78 is 6.03. The first kappa shape index (κ1) is 15.6. The Bertz CT molecular complexity index is 635. The molecule has 0 atom stereocenters. The van der Waals surface area contributed by atoms with Gasteiger partial charge in [0.05, 0.1) is 5.39 Å². The molecule has 0 saturated carbocycles. The number of nitrogens with one attached hydrogen (secondary N) is 3. The van der Waals surface area contributed by atoms with Gasteiger partial charge in [-0.15, -0.1) is 0 Å². The molecule has 0 saturated heterocycles. The monoisotopic (exact) mass is 355 g/mol. The molecule has 0 aliphatic carbocycles. The largest absolute Gasteiger partial charge is 0.444 e. The van der Waals surface area contributed by atoms with Gasteiger partial charge in [-0.1, -0.05) is 0 Å². The molecule has 0 aliphatic heterocycles. The van der Waals surface area contributed by atoms with Crippen LogP contribution < -0.4 is 10.6 Å². The molecular weight excluding hydrogens is 338 g/mol. The first-order valence-electron chi connectivity index (χ1n) is 6.55. The number of pyridine rings is 1. The molecule has 0 aromatic carbocycles. The van der Waals surface area contributed by atoms with Gasteiger partial charge in [0.25, 0.3) is 0 Å². The molecule has 0 fully saturated rings. The fraction of sp³-hybridized carbons (Fsp3) is 0.462. The van der Waals surface area contributed by atoms with Crippen molar-refractivity contribution >= 4 is 38.9 Å². The van der Waals surface area contributed by atoms with E-state index in [1.807, 2.05) is 26.8 Å². The highest BCUT2D eigenvalue weighted by atomic mass is 79.9. The Morgan fingerprint density at radius 2 is 2.19 bits per heavy atom. The smallest absolute Gasteiger partial charge is 0.407 e. The van der Waals surface area contributed by atoms with Gasteiger partial charge in [0.15, 0.2) is 11.5 Å². The molecule has 114 valence electrons. The molecule has 1 amide bonds. The van der Waals surface area contributed by atoms with Crippen LogP contribution in [0.25, 0.3) is 11.0 Å². The summed E-state index contributed by atoms with van der Waals surface area (Å²) >= 11 is 3.37. The second-order valence-corrected chi connectivity index (χ2v) is 6.39. The van der Waals surface area contributed by atoms with Crippen molar-refractivity contribution in [1.29, 1.82) is 0 Å². The maximum atomic E-state index is 11.5. The Kier molecular flexibility index (Phi) is 4.66. The predicted molar refractivity (Wildman–Crippen MR) is 84.3 cm³/mol. The number of alkyl carbamates (subject to hydrolysis) is 1. The normalized spacial score (nSPS) is 11.4.